The van der Waals surface area contributed by atoms with E-state index in [1.165, 1.54) is 41.1 Å². The summed E-state index contributed by atoms with van der Waals surface area (Å²) in [7, 11) is 0. The fraction of sp³-hybridized carbons (Fsp3) is 0.0909. The SMILES string of the molecule is c1ccc([CH2][Sn]([CH2]c2ccccc2)([CH2]c2ccccc2)[c]2ccc(-c3ccccc3)cc2)cc1. The van der Waals surface area contributed by atoms with Gasteiger partial charge in [-0.3, -0.25) is 0 Å². The van der Waals surface area contributed by atoms with Crippen molar-refractivity contribution in [2.45, 2.75) is 13.3 Å². The molecule has 0 heterocycles. The van der Waals surface area contributed by atoms with Crippen LogP contribution in [0, 0.1) is 0 Å². The Morgan fingerprint density at radius 2 is 0.647 bits per heavy atom. The van der Waals surface area contributed by atoms with Gasteiger partial charge in [0.25, 0.3) is 0 Å². The summed E-state index contributed by atoms with van der Waals surface area (Å²) >= 11 is -3.02. The Hall–Kier alpha value is -3.10. The molecular formula is C33H30Sn. The van der Waals surface area contributed by atoms with Gasteiger partial charge in [-0.05, 0) is 0 Å². The zero-order valence-electron chi connectivity index (χ0n) is 19.5. The van der Waals surface area contributed by atoms with Crippen LogP contribution >= 0.6 is 0 Å². The molecule has 0 amide bonds. The molecule has 0 radical (unpaired) electrons. The van der Waals surface area contributed by atoms with Gasteiger partial charge >= 0.3 is 209 Å². The molecular weight excluding hydrogens is 515 g/mol. The minimum atomic E-state index is -3.02. The van der Waals surface area contributed by atoms with Crippen LogP contribution in [0.2, 0.25) is 0 Å². The Morgan fingerprint density at radius 1 is 0.324 bits per heavy atom. The van der Waals surface area contributed by atoms with Gasteiger partial charge in [-0.15, -0.1) is 0 Å². The summed E-state index contributed by atoms with van der Waals surface area (Å²) in [6.45, 7) is 0. The van der Waals surface area contributed by atoms with Crippen LogP contribution in [0.15, 0.2) is 146 Å². The number of hydrogen-bond acceptors (Lipinski definition) is 0. The summed E-state index contributed by atoms with van der Waals surface area (Å²) in [6.07, 6.45) is 0. The molecule has 34 heavy (non-hydrogen) atoms. The van der Waals surface area contributed by atoms with Crippen LogP contribution in [0.4, 0.5) is 0 Å². The number of hydrogen-bond donors (Lipinski definition) is 0. The first-order valence-electron chi connectivity index (χ1n) is 12.1. The van der Waals surface area contributed by atoms with E-state index in [0.717, 1.165) is 0 Å². The van der Waals surface area contributed by atoms with Gasteiger partial charge in [-0.25, -0.2) is 0 Å². The maximum atomic E-state index is 2.45. The summed E-state index contributed by atoms with van der Waals surface area (Å²) in [4.78, 5) is 0. The van der Waals surface area contributed by atoms with Crippen LogP contribution in [0.1, 0.15) is 16.7 Å². The average molecular weight is 545 g/mol. The molecule has 0 nitrogen and oxygen atoms in total. The molecule has 0 aliphatic rings. The molecule has 0 aromatic heterocycles. The van der Waals surface area contributed by atoms with E-state index in [1.807, 2.05) is 0 Å². The van der Waals surface area contributed by atoms with E-state index in [9.17, 15) is 0 Å². The molecule has 5 aromatic carbocycles. The average Bonchev–Trinajstić information content (AvgIpc) is 2.91. The van der Waals surface area contributed by atoms with Crippen molar-refractivity contribution in [3.05, 3.63) is 162 Å². The van der Waals surface area contributed by atoms with Crippen molar-refractivity contribution in [2.24, 2.45) is 0 Å². The summed E-state index contributed by atoms with van der Waals surface area (Å²) in [5.74, 6) is 0. The quantitative estimate of drug-likeness (QED) is 0.179. The first-order valence-corrected chi connectivity index (χ1v) is 19.6. The Balaban J connectivity index is 1.61. The van der Waals surface area contributed by atoms with E-state index in [4.69, 9.17) is 0 Å². The van der Waals surface area contributed by atoms with Crippen molar-refractivity contribution in [2.75, 3.05) is 0 Å². The van der Waals surface area contributed by atoms with E-state index in [-0.39, 0.29) is 0 Å². The van der Waals surface area contributed by atoms with Gasteiger partial charge in [0.2, 0.25) is 0 Å². The summed E-state index contributed by atoms with van der Waals surface area (Å²) < 4.78 is 5.20. The first-order chi connectivity index (χ1) is 16.8. The molecule has 0 saturated carbocycles. The predicted molar refractivity (Wildman–Crippen MR) is 148 cm³/mol. The molecule has 166 valence electrons. The van der Waals surface area contributed by atoms with Gasteiger partial charge in [0.05, 0.1) is 0 Å². The summed E-state index contributed by atoms with van der Waals surface area (Å²) in [5.41, 5.74) is 6.99. The Morgan fingerprint density at radius 3 is 1.03 bits per heavy atom. The fourth-order valence-corrected chi connectivity index (χ4v) is 19.1. The third kappa shape index (κ3) is 5.51. The molecule has 0 bridgehead atoms. The second-order valence-corrected chi connectivity index (χ2v) is 21.2. The van der Waals surface area contributed by atoms with Crippen molar-refractivity contribution in [3.8, 4) is 11.1 Å². The molecule has 0 saturated heterocycles. The minimum absolute atomic E-state index is 1.20. The Kier molecular flexibility index (Phi) is 7.26. The van der Waals surface area contributed by atoms with Crippen LogP contribution in [-0.2, 0) is 13.3 Å². The standard InChI is InChI=1S/C12H9.3C7H7.Sn/c1-3-7-11(8-4-1)12-9-5-2-6-10-12;3*1-7-5-3-2-4-6-7;/h1,3-10H;3*2-6H,1H2;. The van der Waals surface area contributed by atoms with Crippen molar-refractivity contribution in [1.82, 2.24) is 0 Å². The van der Waals surface area contributed by atoms with Gasteiger partial charge in [0.1, 0.15) is 0 Å². The molecule has 0 aliphatic carbocycles. The molecule has 0 atom stereocenters. The first kappa shape index (κ1) is 22.7. The van der Waals surface area contributed by atoms with Gasteiger partial charge in [0, 0.05) is 0 Å². The molecule has 0 spiro atoms. The van der Waals surface area contributed by atoms with E-state index < -0.39 is 18.4 Å². The second kappa shape index (κ2) is 10.9. The Labute approximate surface area is 207 Å². The number of benzene rings is 5. The maximum absolute atomic E-state index is 3.02. The van der Waals surface area contributed by atoms with Crippen molar-refractivity contribution in [3.63, 3.8) is 0 Å². The molecule has 0 aliphatic heterocycles. The zero-order chi connectivity index (χ0) is 23.1. The molecule has 5 rings (SSSR count). The molecule has 1 heteroatoms. The third-order valence-electron chi connectivity index (χ3n) is 6.76. The zero-order valence-corrected chi connectivity index (χ0v) is 22.3. The third-order valence-corrected chi connectivity index (χ3v) is 20.5. The topological polar surface area (TPSA) is 0 Å². The van der Waals surface area contributed by atoms with Gasteiger partial charge in [-0.1, -0.05) is 0 Å². The van der Waals surface area contributed by atoms with Crippen LogP contribution in [0.25, 0.3) is 11.1 Å². The van der Waals surface area contributed by atoms with Crippen molar-refractivity contribution in [1.29, 1.82) is 0 Å². The van der Waals surface area contributed by atoms with Crippen LogP contribution in [0.3, 0.4) is 0 Å². The molecule has 0 N–H and O–H groups in total. The van der Waals surface area contributed by atoms with Gasteiger partial charge < -0.3 is 0 Å². The summed E-state index contributed by atoms with van der Waals surface area (Å²) in [6, 6.07) is 53.7. The van der Waals surface area contributed by atoms with E-state index >= 15 is 0 Å². The van der Waals surface area contributed by atoms with Crippen molar-refractivity contribution < 1.29 is 0 Å². The fourth-order valence-electron chi connectivity index (χ4n) is 5.10. The van der Waals surface area contributed by atoms with Crippen LogP contribution < -0.4 is 3.58 Å². The number of rotatable bonds is 8. The van der Waals surface area contributed by atoms with Crippen molar-refractivity contribution >= 4 is 22.0 Å². The van der Waals surface area contributed by atoms with Crippen LogP contribution in [-0.4, -0.2) is 18.4 Å². The molecule has 0 unspecified atom stereocenters. The summed E-state index contributed by atoms with van der Waals surface area (Å²) in [5, 5.41) is 0. The predicted octanol–water partition coefficient (Wildman–Crippen LogP) is 7.36. The van der Waals surface area contributed by atoms with Gasteiger partial charge in [0.15, 0.2) is 0 Å². The van der Waals surface area contributed by atoms with E-state index in [2.05, 4.69) is 146 Å². The normalized spacial score (nSPS) is 11.3. The molecule has 5 aromatic rings. The van der Waals surface area contributed by atoms with E-state index in [1.54, 1.807) is 3.58 Å². The second-order valence-electron chi connectivity index (χ2n) is 9.21. The monoisotopic (exact) mass is 546 g/mol. The van der Waals surface area contributed by atoms with E-state index in [0.29, 0.717) is 0 Å². The van der Waals surface area contributed by atoms with Gasteiger partial charge in [-0.2, -0.15) is 0 Å². The Bertz CT molecular complexity index is 1180. The van der Waals surface area contributed by atoms with Crippen LogP contribution in [0.5, 0.6) is 0 Å². The molecule has 0 fully saturated rings.